The summed E-state index contributed by atoms with van der Waals surface area (Å²) in [5.74, 6) is 0. The molecule has 14 heavy (non-hydrogen) atoms. The lowest BCUT2D eigenvalue weighted by Crippen LogP contribution is -2.47. The monoisotopic (exact) mass is 254 g/mol. The number of hydrogen-bond acceptors (Lipinski definition) is 4. The van der Waals surface area contributed by atoms with Gasteiger partial charge in [-0.25, -0.2) is 4.90 Å². The molecule has 0 bridgehead atoms. The minimum atomic E-state index is -1.55. The van der Waals surface area contributed by atoms with Gasteiger partial charge in [-0.1, -0.05) is 41.7 Å². The molecule has 0 aromatic carbocycles. The van der Waals surface area contributed by atoms with Gasteiger partial charge in [0.2, 0.25) is 3.79 Å². The van der Waals surface area contributed by atoms with E-state index in [0.29, 0.717) is 6.54 Å². The summed E-state index contributed by atoms with van der Waals surface area (Å²) in [5, 5.41) is 14.3. The van der Waals surface area contributed by atoms with Gasteiger partial charge in [0.05, 0.1) is 0 Å². The fraction of sp³-hybridized carbons (Fsp3) is 0.714. The standard InChI is InChI=1S/C7H9Cl3N4/c1-2-3-14-6(7(8,9)10)13(4-11)5-12-14/h5-6H,2-3H2,1H3. The van der Waals surface area contributed by atoms with Crippen molar-refractivity contribution in [3.8, 4) is 6.19 Å². The molecule has 1 heterocycles. The van der Waals surface area contributed by atoms with Crippen molar-refractivity contribution in [2.24, 2.45) is 5.10 Å². The van der Waals surface area contributed by atoms with E-state index in [4.69, 9.17) is 40.1 Å². The van der Waals surface area contributed by atoms with Crippen LogP contribution in [0.15, 0.2) is 5.10 Å². The Morgan fingerprint density at radius 2 is 2.21 bits per heavy atom. The van der Waals surface area contributed by atoms with Crippen LogP contribution in [0.2, 0.25) is 0 Å². The van der Waals surface area contributed by atoms with Crippen LogP contribution in [0.4, 0.5) is 0 Å². The van der Waals surface area contributed by atoms with Gasteiger partial charge in [0.15, 0.2) is 12.4 Å². The largest absolute Gasteiger partial charge is 0.268 e. The average molecular weight is 256 g/mol. The Kier molecular flexibility index (Phi) is 3.71. The Hall–Kier alpha value is -0.370. The predicted octanol–water partition coefficient (Wildman–Crippen LogP) is 2.13. The van der Waals surface area contributed by atoms with Gasteiger partial charge in [0.25, 0.3) is 0 Å². The first-order valence-corrected chi connectivity index (χ1v) is 5.19. The first-order chi connectivity index (χ1) is 6.50. The summed E-state index contributed by atoms with van der Waals surface area (Å²) >= 11 is 17.3. The Morgan fingerprint density at radius 3 is 2.64 bits per heavy atom. The van der Waals surface area contributed by atoms with Crippen molar-refractivity contribution in [1.29, 1.82) is 5.26 Å². The molecule has 0 aliphatic carbocycles. The van der Waals surface area contributed by atoms with Gasteiger partial charge in [-0.2, -0.15) is 10.4 Å². The molecule has 7 heteroatoms. The van der Waals surface area contributed by atoms with Gasteiger partial charge in [0, 0.05) is 6.54 Å². The maximum absolute atomic E-state index is 8.77. The topological polar surface area (TPSA) is 42.6 Å². The number of halogens is 3. The second-order valence-electron chi connectivity index (χ2n) is 2.82. The van der Waals surface area contributed by atoms with Crippen LogP contribution >= 0.6 is 34.8 Å². The van der Waals surface area contributed by atoms with E-state index in [1.165, 1.54) is 11.2 Å². The van der Waals surface area contributed by atoms with Crippen molar-refractivity contribution in [2.75, 3.05) is 6.54 Å². The summed E-state index contributed by atoms with van der Waals surface area (Å²) in [6.45, 7) is 2.63. The molecule has 0 saturated carbocycles. The maximum atomic E-state index is 8.77. The molecule has 0 radical (unpaired) electrons. The summed E-state index contributed by atoms with van der Waals surface area (Å²) in [4.78, 5) is 1.22. The fourth-order valence-electron chi connectivity index (χ4n) is 1.21. The molecule has 1 atom stereocenters. The SMILES string of the molecule is CCCN1N=CN(C#N)C1C(Cl)(Cl)Cl. The molecule has 1 rings (SSSR count). The molecule has 0 N–H and O–H groups in total. The van der Waals surface area contributed by atoms with Crippen LogP contribution in [0.3, 0.4) is 0 Å². The summed E-state index contributed by atoms with van der Waals surface area (Å²) in [7, 11) is 0. The van der Waals surface area contributed by atoms with E-state index in [1.807, 2.05) is 13.1 Å². The van der Waals surface area contributed by atoms with Crippen LogP contribution in [0.1, 0.15) is 13.3 Å². The first kappa shape index (κ1) is 11.7. The van der Waals surface area contributed by atoms with Gasteiger partial charge < -0.3 is 0 Å². The number of alkyl halides is 3. The first-order valence-electron chi connectivity index (χ1n) is 4.06. The summed E-state index contributed by atoms with van der Waals surface area (Å²) in [5.41, 5.74) is 0. The van der Waals surface area contributed by atoms with Crippen molar-refractivity contribution in [1.82, 2.24) is 9.91 Å². The van der Waals surface area contributed by atoms with E-state index in [2.05, 4.69) is 5.10 Å². The quantitative estimate of drug-likeness (QED) is 0.561. The number of rotatable bonds is 2. The Balaban J connectivity index is 2.81. The molecule has 1 aliphatic heterocycles. The lowest BCUT2D eigenvalue weighted by molar-refractivity contribution is 0.165. The minimum absolute atomic E-state index is 0.641. The molecule has 0 aromatic rings. The van der Waals surface area contributed by atoms with Gasteiger partial charge in [-0.05, 0) is 6.42 Å². The van der Waals surface area contributed by atoms with Crippen molar-refractivity contribution in [2.45, 2.75) is 23.3 Å². The normalized spacial score (nSPS) is 21.5. The predicted molar refractivity (Wildman–Crippen MR) is 57.0 cm³/mol. The zero-order valence-electron chi connectivity index (χ0n) is 7.49. The summed E-state index contributed by atoms with van der Waals surface area (Å²) < 4.78 is -1.55. The third-order valence-corrected chi connectivity index (χ3v) is 2.32. The molecule has 0 amide bonds. The molecule has 0 fully saturated rings. The number of nitrogens with zero attached hydrogens (tertiary/aromatic N) is 4. The number of nitriles is 1. The summed E-state index contributed by atoms with van der Waals surface area (Å²) in [6, 6.07) is 0. The van der Waals surface area contributed by atoms with Crippen molar-refractivity contribution in [3.05, 3.63) is 0 Å². The van der Waals surface area contributed by atoms with E-state index >= 15 is 0 Å². The molecule has 0 saturated heterocycles. The Morgan fingerprint density at radius 1 is 1.57 bits per heavy atom. The highest BCUT2D eigenvalue weighted by Crippen LogP contribution is 2.36. The smallest absolute Gasteiger partial charge is 0.231 e. The second kappa shape index (κ2) is 4.43. The molecular weight excluding hydrogens is 246 g/mol. The van der Waals surface area contributed by atoms with Crippen LogP contribution < -0.4 is 0 Å². The molecule has 0 spiro atoms. The van der Waals surface area contributed by atoms with Gasteiger partial charge in [-0.15, -0.1) is 0 Å². The van der Waals surface area contributed by atoms with Crippen LogP contribution in [-0.2, 0) is 0 Å². The number of hydrazone groups is 1. The minimum Gasteiger partial charge on any atom is -0.268 e. The van der Waals surface area contributed by atoms with E-state index in [0.717, 1.165) is 6.42 Å². The van der Waals surface area contributed by atoms with Crippen LogP contribution in [0.5, 0.6) is 0 Å². The molecule has 78 valence electrons. The van der Waals surface area contributed by atoms with Crippen molar-refractivity contribution >= 4 is 41.1 Å². The molecular formula is C7H9Cl3N4. The number of hydrogen-bond donors (Lipinski definition) is 0. The highest BCUT2D eigenvalue weighted by atomic mass is 35.6. The van der Waals surface area contributed by atoms with E-state index in [1.54, 1.807) is 5.01 Å². The summed E-state index contributed by atoms with van der Waals surface area (Å²) in [6.07, 6.45) is 3.49. The van der Waals surface area contributed by atoms with Crippen molar-refractivity contribution < 1.29 is 0 Å². The second-order valence-corrected chi connectivity index (χ2v) is 5.19. The zero-order chi connectivity index (χ0) is 10.8. The lowest BCUT2D eigenvalue weighted by Gasteiger charge is -2.31. The third kappa shape index (κ3) is 2.35. The zero-order valence-corrected chi connectivity index (χ0v) is 9.76. The van der Waals surface area contributed by atoms with Crippen molar-refractivity contribution in [3.63, 3.8) is 0 Å². The van der Waals surface area contributed by atoms with Crippen LogP contribution in [0, 0.1) is 11.5 Å². The van der Waals surface area contributed by atoms with Gasteiger partial charge >= 0.3 is 0 Å². The fourth-order valence-corrected chi connectivity index (χ4v) is 1.86. The highest BCUT2D eigenvalue weighted by Gasteiger charge is 2.43. The van der Waals surface area contributed by atoms with E-state index in [-0.39, 0.29) is 0 Å². The third-order valence-electron chi connectivity index (χ3n) is 1.73. The molecule has 4 nitrogen and oxygen atoms in total. The molecule has 0 aromatic heterocycles. The maximum Gasteiger partial charge on any atom is 0.231 e. The lowest BCUT2D eigenvalue weighted by atomic mass is 10.4. The Labute approximate surface area is 97.6 Å². The van der Waals surface area contributed by atoms with Gasteiger partial charge in [-0.3, -0.25) is 5.01 Å². The highest BCUT2D eigenvalue weighted by molar-refractivity contribution is 6.68. The van der Waals surface area contributed by atoms with Crippen LogP contribution in [0.25, 0.3) is 0 Å². The molecule has 1 unspecified atom stereocenters. The van der Waals surface area contributed by atoms with Gasteiger partial charge in [0.1, 0.15) is 6.34 Å². The van der Waals surface area contributed by atoms with E-state index < -0.39 is 9.96 Å². The van der Waals surface area contributed by atoms with Crippen LogP contribution in [-0.4, -0.2) is 32.8 Å². The molecule has 1 aliphatic rings. The average Bonchev–Trinajstić information content (AvgIpc) is 2.47. The van der Waals surface area contributed by atoms with E-state index in [9.17, 15) is 0 Å². The Bertz CT molecular complexity index is 267.